The number of carbonyl (C=O) groups is 3. The average molecular weight is 417 g/mol. The molecule has 5 nitrogen and oxygen atoms in total. The van der Waals surface area contributed by atoms with Gasteiger partial charge in [-0.25, -0.2) is 18.5 Å². The van der Waals surface area contributed by atoms with Crippen LogP contribution in [0.2, 0.25) is 0 Å². The number of hydrogen-bond donors (Lipinski definition) is 0. The summed E-state index contributed by atoms with van der Waals surface area (Å²) in [5.74, 6) is -3.23. The second-order valence-corrected chi connectivity index (χ2v) is 7.13. The highest BCUT2D eigenvalue weighted by atomic mass is 19.1. The first-order valence-corrected chi connectivity index (χ1v) is 9.37. The lowest BCUT2D eigenvalue weighted by Gasteiger charge is -2.39. The molecule has 3 aromatic rings. The first kappa shape index (κ1) is 18.9. The molecule has 2 heterocycles. The molecule has 1 spiro atoms. The second-order valence-electron chi connectivity index (χ2n) is 7.13. The highest BCUT2D eigenvalue weighted by Crippen LogP contribution is 2.49. The summed E-state index contributed by atoms with van der Waals surface area (Å²) in [6, 6.07) is 16.4. The highest BCUT2D eigenvalue weighted by Gasteiger charge is 2.59. The number of halogens is 2. The van der Waals surface area contributed by atoms with Crippen LogP contribution >= 0.6 is 0 Å². The molecule has 0 bridgehead atoms. The van der Waals surface area contributed by atoms with E-state index in [9.17, 15) is 23.2 Å². The summed E-state index contributed by atoms with van der Waals surface area (Å²) in [6.45, 7) is 0. The number of ether oxygens (including phenoxy) is 1. The van der Waals surface area contributed by atoms with Crippen molar-refractivity contribution in [3.8, 4) is 0 Å². The van der Waals surface area contributed by atoms with Crippen LogP contribution in [0.1, 0.15) is 21.5 Å². The number of hydrogen-bond acceptors (Lipinski definition) is 4. The molecule has 152 valence electrons. The van der Waals surface area contributed by atoms with Crippen LogP contribution in [0.15, 0.2) is 78.9 Å². The number of imide groups is 1. The van der Waals surface area contributed by atoms with Crippen molar-refractivity contribution < 1.29 is 27.9 Å². The summed E-state index contributed by atoms with van der Waals surface area (Å²) >= 11 is 0. The molecule has 0 radical (unpaired) electrons. The van der Waals surface area contributed by atoms with E-state index in [1.807, 2.05) is 0 Å². The number of benzene rings is 3. The van der Waals surface area contributed by atoms with Crippen LogP contribution in [-0.4, -0.2) is 17.8 Å². The van der Waals surface area contributed by atoms with Crippen molar-refractivity contribution in [2.75, 3.05) is 4.90 Å². The number of anilines is 1. The lowest BCUT2D eigenvalue weighted by molar-refractivity contribution is -0.155. The van der Waals surface area contributed by atoms with Gasteiger partial charge in [0, 0.05) is 22.8 Å². The Bertz CT molecular complexity index is 1280. The minimum absolute atomic E-state index is 0.131. The molecule has 0 saturated carbocycles. The molecule has 1 atom stereocenters. The van der Waals surface area contributed by atoms with Gasteiger partial charge in [-0.3, -0.25) is 9.59 Å². The second kappa shape index (κ2) is 6.70. The predicted molar refractivity (Wildman–Crippen MR) is 107 cm³/mol. The van der Waals surface area contributed by atoms with Gasteiger partial charge >= 0.3 is 5.97 Å². The van der Waals surface area contributed by atoms with Crippen molar-refractivity contribution in [2.45, 2.75) is 5.60 Å². The first-order valence-electron chi connectivity index (χ1n) is 9.37. The van der Waals surface area contributed by atoms with E-state index < -0.39 is 35.0 Å². The number of nitrogens with zero attached hydrogens (tertiary/aromatic N) is 1. The Morgan fingerprint density at radius 2 is 1.39 bits per heavy atom. The van der Waals surface area contributed by atoms with Gasteiger partial charge in [0.25, 0.3) is 11.8 Å². The van der Waals surface area contributed by atoms with Crippen molar-refractivity contribution in [1.82, 2.24) is 0 Å². The van der Waals surface area contributed by atoms with Gasteiger partial charge in [0.15, 0.2) is 0 Å². The zero-order valence-electron chi connectivity index (χ0n) is 15.8. The van der Waals surface area contributed by atoms with Crippen LogP contribution in [0.3, 0.4) is 0 Å². The van der Waals surface area contributed by atoms with Gasteiger partial charge in [0.2, 0.25) is 5.60 Å². The third-order valence-electron chi connectivity index (χ3n) is 5.38. The normalized spacial score (nSPS) is 20.0. The van der Waals surface area contributed by atoms with Gasteiger partial charge in [0.05, 0.1) is 5.69 Å². The topological polar surface area (TPSA) is 63.7 Å². The number of amides is 2. The smallest absolute Gasteiger partial charge is 0.332 e. The van der Waals surface area contributed by atoms with E-state index in [2.05, 4.69) is 0 Å². The fraction of sp³-hybridized carbons (Fsp3) is 0.0417. The van der Waals surface area contributed by atoms with Crippen molar-refractivity contribution in [2.24, 2.45) is 0 Å². The van der Waals surface area contributed by atoms with E-state index >= 15 is 0 Å². The number of rotatable bonds is 2. The molecule has 3 aromatic carbocycles. The number of fused-ring (bicyclic) bond motifs is 2. The maximum atomic E-state index is 13.8. The van der Waals surface area contributed by atoms with E-state index in [4.69, 9.17) is 4.74 Å². The standard InChI is InChI=1S/C24H13F2NO4/c25-15-7-5-14(6-8-15)20-13-21(28)31-24(20)19-4-2-1-3-18(19)22(29)27(23(24)30)17-11-9-16(26)10-12-17/h1-13H. The van der Waals surface area contributed by atoms with Gasteiger partial charge in [0.1, 0.15) is 11.6 Å². The Kier molecular flexibility index (Phi) is 4.08. The summed E-state index contributed by atoms with van der Waals surface area (Å²) in [4.78, 5) is 40.3. The third kappa shape index (κ3) is 2.70. The Morgan fingerprint density at radius 1 is 0.774 bits per heavy atom. The Morgan fingerprint density at radius 3 is 2.06 bits per heavy atom. The molecule has 0 aliphatic carbocycles. The molecular formula is C24H13F2NO4. The molecule has 5 rings (SSSR count). The summed E-state index contributed by atoms with van der Waals surface area (Å²) in [5.41, 5.74) is -0.850. The van der Waals surface area contributed by atoms with Gasteiger partial charge in [-0.2, -0.15) is 0 Å². The van der Waals surface area contributed by atoms with Gasteiger partial charge in [-0.05, 0) is 48.0 Å². The van der Waals surface area contributed by atoms with Crippen LogP contribution in [0, 0.1) is 11.6 Å². The third-order valence-corrected chi connectivity index (χ3v) is 5.38. The Labute approximate surface area is 175 Å². The molecule has 2 amide bonds. The van der Waals surface area contributed by atoms with Crippen molar-refractivity contribution in [1.29, 1.82) is 0 Å². The predicted octanol–water partition coefficient (Wildman–Crippen LogP) is 3.99. The summed E-state index contributed by atoms with van der Waals surface area (Å²) in [6.07, 6.45) is 1.17. The lowest BCUT2D eigenvalue weighted by atomic mass is 9.77. The van der Waals surface area contributed by atoms with E-state index in [0.717, 1.165) is 17.0 Å². The van der Waals surface area contributed by atoms with Crippen molar-refractivity contribution >= 4 is 29.0 Å². The van der Waals surface area contributed by atoms with Crippen LogP contribution in [0.5, 0.6) is 0 Å². The lowest BCUT2D eigenvalue weighted by Crippen LogP contribution is -2.55. The molecule has 1 unspecified atom stereocenters. The largest absolute Gasteiger partial charge is 0.436 e. The van der Waals surface area contributed by atoms with Crippen LogP contribution in [-0.2, 0) is 19.9 Å². The minimum Gasteiger partial charge on any atom is -0.436 e. The van der Waals surface area contributed by atoms with Gasteiger partial charge in [-0.15, -0.1) is 0 Å². The Hall–Kier alpha value is -4.13. The molecule has 0 fully saturated rings. The zero-order chi connectivity index (χ0) is 21.8. The molecule has 31 heavy (non-hydrogen) atoms. The maximum absolute atomic E-state index is 13.8. The molecule has 2 aliphatic rings. The van der Waals surface area contributed by atoms with Crippen LogP contribution in [0.4, 0.5) is 14.5 Å². The quantitative estimate of drug-likeness (QED) is 0.467. The fourth-order valence-electron chi connectivity index (χ4n) is 4.02. The average Bonchev–Trinajstić information content (AvgIpc) is 3.12. The van der Waals surface area contributed by atoms with Crippen molar-refractivity contribution in [3.63, 3.8) is 0 Å². The minimum atomic E-state index is -1.94. The molecule has 7 heteroatoms. The summed E-state index contributed by atoms with van der Waals surface area (Å²) < 4.78 is 32.6. The zero-order valence-corrected chi connectivity index (χ0v) is 15.8. The van der Waals surface area contributed by atoms with E-state index in [1.54, 1.807) is 18.2 Å². The fourth-order valence-corrected chi connectivity index (χ4v) is 4.02. The molecule has 2 aliphatic heterocycles. The SMILES string of the molecule is O=C1C=C(c2ccc(F)cc2)C2(O1)C(=O)N(c1ccc(F)cc1)C(=O)c1ccccc12. The van der Waals surface area contributed by atoms with Gasteiger partial charge in [-0.1, -0.05) is 30.3 Å². The molecule has 0 aromatic heterocycles. The summed E-state index contributed by atoms with van der Waals surface area (Å²) in [5, 5.41) is 0. The van der Waals surface area contributed by atoms with Crippen LogP contribution < -0.4 is 4.90 Å². The van der Waals surface area contributed by atoms with Gasteiger partial charge < -0.3 is 4.74 Å². The molecule has 0 N–H and O–H groups in total. The number of esters is 1. The maximum Gasteiger partial charge on any atom is 0.332 e. The van der Waals surface area contributed by atoms with E-state index in [1.165, 1.54) is 48.5 Å². The molecular weight excluding hydrogens is 404 g/mol. The van der Waals surface area contributed by atoms with E-state index in [-0.39, 0.29) is 22.4 Å². The van der Waals surface area contributed by atoms with Crippen molar-refractivity contribution in [3.05, 3.63) is 107 Å². The Balaban J connectivity index is 1.77. The van der Waals surface area contributed by atoms with Crippen LogP contribution in [0.25, 0.3) is 5.57 Å². The number of carbonyl (C=O) groups excluding carboxylic acids is 3. The first-order chi connectivity index (χ1) is 14.9. The highest BCUT2D eigenvalue weighted by molar-refractivity contribution is 6.31. The monoisotopic (exact) mass is 417 g/mol. The molecule has 0 saturated heterocycles. The van der Waals surface area contributed by atoms with E-state index in [0.29, 0.717) is 5.56 Å². The summed E-state index contributed by atoms with van der Waals surface area (Å²) in [7, 11) is 0.